The van der Waals surface area contributed by atoms with Crippen molar-refractivity contribution in [2.75, 3.05) is 17.6 Å². The summed E-state index contributed by atoms with van der Waals surface area (Å²) >= 11 is 1.43. The number of rotatable bonds is 6. The number of aromatic nitrogens is 1. The van der Waals surface area contributed by atoms with Crippen LogP contribution in [-0.4, -0.2) is 36.8 Å². The SMILES string of the molecule is NS(=O)(=O)CCCNc1nc2c(s1)CCC2C(=O)O. The second-order valence-electron chi connectivity index (χ2n) is 4.40. The van der Waals surface area contributed by atoms with Crippen molar-refractivity contribution < 1.29 is 18.3 Å². The summed E-state index contributed by atoms with van der Waals surface area (Å²) in [5, 5.41) is 17.6. The second-order valence-corrected chi connectivity index (χ2v) is 7.22. The third-order valence-electron chi connectivity index (χ3n) is 2.90. The van der Waals surface area contributed by atoms with E-state index in [-0.39, 0.29) is 5.75 Å². The average molecular weight is 305 g/mol. The number of fused-ring (bicyclic) bond motifs is 1. The van der Waals surface area contributed by atoms with E-state index in [1.807, 2.05) is 0 Å². The summed E-state index contributed by atoms with van der Waals surface area (Å²) in [4.78, 5) is 16.3. The Morgan fingerprint density at radius 1 is 1.58 bits per heavy atom. The van der Waals surface area contributed by atoms with Crippen molar-refractivity contribution in [1.82, 2.24) is 4.98 Å². The van der Waals surface area contributed by atoms with E-state index in [1.54, 1.807) is 0 Å². The Bertz CT molecular complexity index is 582. The molecule has 106 valence electrons. The zero-order valence-electron chi connectivity index (χ0n) is 10.1. The van der Waals surface area contributed by atoms with E-state index in [4.69, 9.17) is 10.2 Å². The van der Waals surface area contributed by atoms with Gasteiger partial charge in [-0.25, -0.2) is 18.5 Å². The van der Waals surface area contributed by atoms with Gasteiger partial charge >= 0.3 is 5.97 Å². The van der Waals surface area contributed by atoms with Gasteiger partial charge in [-0.3, -0.25) is 4.79 Å². The molecular weight excluding hydrogens is 290 g/mol. The van der Waals surface area contributed by atoms with Gasteiger partial charge in [0.1, 0.15) is 5.92 Å². The largest absolute Gasteiger partial charge is 0.481 e. The van der Waals surface area contributed by atoms with Gasteiger partial charge in [0, 0.05) is 11.4 Å². The van der Waals surface area contributed by atoms with E-state index in [0.717, 1.165) is 11.3 Å². The van der Waals surface area contributed by atoms with Crippen LogP contribution in [0.15, 0.2) is 0 Å². The molecule has 0 saturated heterocycles. The number of hydrogen-bond donors (Lipinski definition) is 3. The standard InChI is InChI=1S/C10H15N3O4S2/c11-19(16,17)5-1-4-12-10-13-8-6(9(14)15)2-3-7(8)18-10/h6H,1-5H2,(H,12,13)(H,14,15)(H2,11,16,17). The molecule has 1 aliphatic carbocycles. The van der Waals surface area contributed by atoms with Crippen molar-refractivity contribution in [3.8, 4) is 0 Å². The van der Waals surface area contributed by atoms with Crippen LogP contribution in [0.1, 0.15) is 29.3 Å². The lowest BCUT2D eigenvalue weighted by Crippen LogP contribution is -2.18. The van der Waals surface area contributed by atoms with Gasteiger partial charge in [0.05, 0.1) is 11.4 Å². The molecule has 1 aromatic rings. The van der Waals surface area contributed by atoms with Crippen LogP contribution in [0.25, 0.3) is 0 Å². The molecule has 0 aliphatic heterocycles. The molecule has 0 spiro atoms. The monoisotopic (exact) mass is 305 g/mol. The summed E-state index contributed by atoms with van der Waals surface area (Å²) in [6, 6.07) is 0. The number of hydrogen-bond acceptors (Lipinski definition) is 6. The zero-order chi connectivity index (χ0) is 14.0. The molecule has 9 heteroatoms. The third kappa shape index (κ3) is 3.64. The van der Waals surface area contributed by atoms with Gasteiger partial charge in [-0.1, -0.05) is 0 Å². The van der Waals surface area contributed by atoms with Crippen LogP contribution < -0.4 is 10.5 Å². The molecule has 7 nitrogen and oxygen atoms in total. The van der Waals surface area contributed by atoms with Crippen LogP contribution in [0.5, 0.6) is 0 Å². The molecule has 1 aliphatic rings. The van der Waals surface area contributed by atoms with Crippen molar-refractivity contribution in [3.05, 3.63) is 10.6 Å². The minimum atomic E-state index is -3.43. The van der Waals surface area contributed by atoms with Gasteiger partial charge < -0.3 is 10.4 Å². The number of carboxylic acid groups (broad SMARTS) is 1. The van der Waals surface area contributed by atoms with Crippen LogP contribution in [0.3, 0.4) is 0 Å². The van der Waals surface area contributed by atoms with Crippen molar-refractivity contribution in [2.45, 2.75) is 25.2 Å². The molecule has 1 aromatic heterocycles. The number of nitrogens with two attached hydrogens (primary N) is 1. The maximum Gasteiger partial charge on any atom is 0.312 e. The fourth-order valence-electron chi connectivity index (χ4n) is 2.01. The number of sulfonamides is 1. The van der Waals surface area contributed by atoms with Crippen LogP contribution in [0, 0.1) is 0 Å². The van der Waals surface area contributed by atoms with Crippen LogP contribution in [-0.2, 0) is 21.2 Å². The Labute approximate surface area is 114 Å². The first kappa shape index (κ1) is 14.2. The topological polar surface area (TPSA) is 122 Å². The minimum Gasteiger partial charge on any atom is -0.481 e. The fourth-order valence-corrected chi connectivity index (χ4v) is 3.62. The Morgan fingerprint density at radius 2 is 2.32 bits per heavy atom. The number of anilines is 1. The van der Waals surface area contributed by atoms with Gasteiger partial charge in [0.15, 0.2) is 5.13 Å². The molecule has 0 saturated carbocycles. The third-order valence-corrected chi connectivity index (χ3v) is 4.84. The first-order valence-corrected chi connectivity index (χ1v) is 8.37. The molecule has 1 heterocycles. The number of nitrogens with one attached hydrogen (secondary N) is 1. The van der Waals surface area contributed by atoms with E-state index in [2.05, 4.69) is 10.3 Å². The van der Waals surface area contributed by atoms with Gasteiger partial charge in [0.25, 0.3) is 0 Å². The Balaban J connectivity index is 1.90. The molecule has 0 bridgehead atoms. The zero-order valence-corrected chi connectivity index (χ0v) is 11.8. The lowest BCUT2D eigenvalue weighted by molar-refractivity contribution is -0.138. The molecule has 0 fully saturated rings. The van der Waals surface area contributed by atoms with Crippen molar-refractivity contribution in [3.63, 3.8) is 0 Å². The summed E-state index contributed by atoms with van der Waals surface area (Å²) in [6.07, 6.45) is 1.74. The highest BCUT2D eigenvalue weighted by molar-refractivity contribution is 7.89. The summed E-state index contributed by atoms with van der Waals surface area (Å²) in [6.45, 7) is 0.445. The van der Waals surface area contributed by atoms with Crippen LogP contribution in [0.2, 0.25) is 0 Å². The number of thiazole rings is 1. The summed E-state index contributed by atoms with van der Waals surface area (Å²) in [5.74, 6) is -1.43. The number of nitrogens with zero attached hydrogens (tertiary/aromatic N) is 1. The second kappa shape index (κ2) is 5.43. The summed E-state index contributed by atoms with van der Waals surface area (Å²) in [5.41, 5.74) is 0.645. The van der Waals surface area contributed by atoms with E-state index in [9.17, 15) is 13.2 Å². The van der Waals surface area contributed by atoms with Gasteiger partial charge in [0.2, 0.25) is 10.0 Å². The molecule has 19 heavy (non-hydrogen) atoms. The lowest BCUT2D eigenvalue weighted by atomic mass is 10.1. The van der Waals surface area contributed by atoms with Crippen molar-refractivity contribution >= 4 is 32.5 Å². The molecule has 0 radical (unpaired) electrons. The van der Waals surface area contributed by atoms with Gasteiger partial charge in [-0.2, -0.15) is 0 Å². The Morgan fingerprint density at radius 3 is 2.95 bits per heavy atom. The number of carbonyl (C=O) groups is 1. The lowest BCUT2D eigenvalue weighted by Gasteiger charge is -2.03. The quantitative estimate of drug-likeness (QED) is 0.652. The van der Waals surface area contributed by atoms with E-state index in [1.165, 1.54) is 11.3 Å². The Hall–Kier alpha value is -1.19. The van der Waals surface area contributed by atoms with Crippen molar-refractivity contribution in [2.24, 2.45) is 5.14 Å². The predicted octanol–water partition coefficient (Wildman–Crippen LogP) is 0.348. The fraction of sp³-hybridized carbons (Fsp3) is 0.600. The first-order chi connectivity index (χ1) is 8.87. The molecule has 0 aromatic carbocycles. The molecule has 1 unspecified atom stereocenters. The van der Waals surface area contributed by atoms with Crippen LogP contribution >= 0.6 is 11.3 Å². The van der Waals surface area contributed by atoms with Crippen LogP contribution in [0.4, 0.5) is 5.13 Å². The molecule has 0 amide bonds. The van der Waals surface area contributed by atoms with Gasteiger partial charge in [-0.15, -0.1) is 11.3 Å². The summed E-state index contributed by atoms with van der Waals surface area (Å²) < 4.78 is 21.5. The first-order valence-electron chi connectivity index (χ1n) is 5.83. The minimum absolute atomic E-state index is 0.0805. The number of primary sulfonamides is 1. The molecule has 1 atom stereocenters. The predicted molar refractivity (Wildman–Crippen MR) is 71.9 cm³/mol. The normalized spacial score (nSPS) is 18.3. The highest BCUT2D eigenvalue weighted by Crippen LogP contribution is 2.38. The van der Waals surface area contributed by atoms with E-state index < -0.39 is 21.9 Å². The van der Waals surface area contributed by atoms with Crippen molar-refractivity contribution in [1.29, 1.82) is 0 Å². The molecular formula is C10H15N3O4S2. The molecule has 2 rings (SSSR count). The number of aliphatic carboxylic acids is 1. The summed E-state index contributed by atoms with van der Waals surface area (Å²) in [7, 11) is -3.43. The maximum atomic E-state index is 11.0. The van der Waals surface area contributed by atoms with E-state index in [0.29, 0.717) is 30.2 Å². The smallest absolute Gasteiger partial charge is 0.312 e. The number of aryl methyl sites for hydroxylation is 1. The van der Waals surface area contributed by atoms with E-state index >= 15 is 0 Å². The number of carboxylic acids is 1. The highest BCUT2D eigenvalue weighted by atomic mass is 32.2. The van der Waals surface area contributed by atoms with Gasteiger partial charge in [-0.05, 0) is 19.3 Å². The maximum absolute atomic E-state index is 11.0. The highest BCUT2D eigenvalue weighted by Gasteiger charge is 2.32. The molecule has 4 N–H and O–H groups in total. The Kier molecular flexibility index (Phi) is 4.07. The average Bonchev–Trinajstić information content (AvgIpc) is 2.81.